The number of hydrogen-bond acceptors (Lipinski definition) is 3. The topological polar surface area (TPSA) is 74.6 Å². The van der Waals surface area contributed by atoms with Crippen molar-refractivity contribution in [2.45, 2.75) is 49.4 Å². The van der Waals surface area contributed by atoms with Crippen LogP contribution in [0, 0.1) is 23.7 Å². The number of rotatable bonds is 2. The van der Waals surface area contributed by atoms with E-state index in [2.05, 4.69) is 0 Å². The van der Waals surface area contributed by atoms with Gasteiger partial charge in [-0.25, -0.2) is 4.79 Å². The van der Waals surface area contributed by atoms with Crippen LogP contribution < -0.4 is 0 Å². The Labute approximate surface area is 131 Å². The lowest BCUT2D eigenvalue weighted by molar-refractivity contribution is -0.192. The third-order valence-corrected chi connectivity index (χ3v) is 6.12. The van der Waals surface area contributed by atoms with Crippen LogP contribution in [-0.4, -0.2) is 33.1 Å². The van der Waals surface area contributed by atoms with Crippen molar-refractivity contribution in [3.8, 4) is 0 Å². The zero-order chi connectivity index (χ0) is 16.7. The Morgan fingerprint density at radius 1 is 1.00 bits per heavy atom. The minimum Gasteiger partial charge on any atom is -0.481 e. The molecule has 4 nitrogen and oxygen atoms in total. The summed E-state index contributed by atoms with van der Waals surface area (Å²) in [5.74, 6) is -0.491. The van der Waals surface area contributed by atoms with Crippen LogP contribution >= 0.6 is 12.6 Å². The Morgan fingerprint density at radius 2 is 1.36 bits per heavy atom. The lowest BCUT2D eigenvalue weighted by Gasteiger charge is -2.59. The molecule has 0 aromatic heterocycles. The van der Waals surface area contributed by atoms with Crippen molar-refractivity contribution in [3.63, 3.8) is 0 Å². The van der Waals surface area contributed by atoms with Crippen LogP contribution in [0.3, 0.4) is 0 Å². The van der Waals surface area contributed by atoms with Gasteiger partial charge in [-0.15, -0.1) is 0 Å². The SMILES string of the molecule is O=C(O)C(F)(F)F.O=C(O)CC1(S)C2CC3CC(C2)CC1C3. The van der Waals surface area contributed by atoms with Gasteiger partial charge in [0, 0.05) is 4.75 Å². The van der Waals surface area contributed by atoms with Gasteiger partial charge in [-0.2, -0.15) is 25.8 Å². The van der Waals surface area contributed by atoms with Crippen molar-refractivity contribution in [3.05, 3.63) is 0 Å². The van der Waals surface area contributed by atoms with Crippen molar-refractivity contribution in [2.24, 2.45) is 23.7 Å². The first kappa shape index (κ1) is 17.4. The van der Waals surface area contributed by atoms with Crippen LogP contribution in [0.1, 0.15) is 38.5 Å². The highest BCUT2D eigenvalue weighted by Gasteiger charge is 2.56. The molecule has 4 fully saturated rings. The molecule has 0 unspecified atom stereocenters. The molecule has 0 radical (unpaired) electrons. The van der Waals surface area contributed by atoms with E-state index in [1.807, 2.05) is 0 Å². The van der Waals surface area contributed by atoms with Gasteiger partial charge in [-0.1, -0.05) is 0 Å². The predicted octanol–water partition coefficient (Wildman–Crippen LogP) is 3.22. The van der Waals surface area contributed by atoms with Crippen LogP contribution in [-0.2, 0) is 9.59 Å². The first-order valence-electron chi connectivity index (χ1n) is 7.26. The van der Waals surface area contributed by atoms with E-state index in [9.17, 15) is 18.0 Å². The first-order chi connectivity index (χ1) is 10.0. The van der Waals surface area contributed by atoms with Gasteiger partial charge in [-0.3, -0.25) is 4.79 Å². The van der Waals surface area contributed by atoms with E-state index in [4.69, 9.17) is 27.6 Å². The molecule has 0 spiro atoms. The summed E-state index contributed by atoms with van der Waals surface area (Å²) >= 11 is 4.79. The van der Waals surface area contributed by atoms with Gasteiger partial charge in [-0.05, 0) is 55.8 Å². The van der Waals surface area contributed by atoms with Crippen molar-refractivity contribution in [2.75, 3.05) is 0 Å². The van der Waals surface area contributed by atoms with Gasteiger partial charge in [0.2, 0.25) is 0 Å². The lowest BCUT2D eigenvalue weighted by atomic mass is 9.51. The summed E-state index contributed by atoms with van der Waals surface area (Å²) in [7, 11) is 0. The standard InChI is InChI=1S/C12H18O2S.C2HF3O2/c13-11(14)6-12(15)9-2-7-1-8(4-9)5-10(12)3-7;3-2(4,5)1(6)7/h7-10,15H,1-6H2,(H,13,14);(H,6,7). The fourth-order valence-corrected chi connectivity index (χ4v) is 5.09. The second kappa shape index (κ2) is 5.94. The van der Waals surface area contributed by atoms with Crippen molar-refractivity contribution < 1.29 is 33.0 Å². The van der Waals surface area contributed by atoms with E-state index < -0.39 is 18.1 Å². The van der Waals surface area contributed by atoms with Crippen LogP contribution in [0.5, 0.6) is 0 Å². The summed E-state index contributed by atoms with van der Waals surface area (Å²) in [6, 6.07) is 0. The summed E-state index contributed by atoms with van der Waals surface area (Å²) < 4.78 is 31.6. The Bertz CT molecular complexity index is 435. The zero-order valence-electron chi connectivity index (χ0n) is 11.8. The minimum atomic E-state index is -5.08. The molecule has 4 aliphatic carbocycles. The smallest absolute Gasteiger partial charge is 0.481 e. The van der Waals surface area contributed by atoms with Crippen molar-refractivity contribution in [1.29, 1.82) is 0 Å². The Kier molecular flexibility index (Phi) is 4.71. The molecule has 22 heavy (non-hydrogen) atoms. The van der Waals surface area contributed by atoms with Gasteiger partial charge in [0.15, 0.2) is 0 Å². The summed E-state index contributed by atoms with van der Waals surface area (Å²) in [6.45, 7) is 0. The molecule has 4 rings (SSSR count). The van der Waals surface area contributed by atoms with E-state index in [0.29, 0.717) is 11.8 Å². The second-order valence-corrected chi connectivity index (χ2v) is 7.50. The molecule has 0 atom stereocenters. The van der Waals surface area contributed by atoms with Crippen molar-refractivity contribution in [1.82, 2.24) is 0 Å². The van der Waals surface area contributed by atoms with E-state index in [0.717, 1.165) is 11.8 Å². The molecule has 0 aromatic carbocycles. The van der Waals surface area contributed by atoms with Crippen molar-refractivity contribution >= 4 is 24.6 Å². The Hall–Kier alpha value is -0.920. The lowest BCUT2D eigenvalue weighted by Crippen LogP contribution is -2.55. The molecule has 0 aliphatic heterocycles. The predicted molar refractivity (Wildman–Crippen MR) is 74.7 cm³/mol. The molecular weight excluding hydrogens is 321 g/mol. The number of thiol groups is 1. The number of carbonyl (C=O) groups is 2. The average molecular weight is 340 g/mol. The van der Waals surface area contributed by atoms with E-state index in [1.165, 1.54) is 32.1 Å². The number of carboxylic acids is 2. The number of aliphatic carboxylic acids is 2. The molecule has 0 aromatic rings. The highest BCUT2D eigenvalue weighted by atomic mass is 32.1. The molecule has 0 heterocycles. The third kappa shape index (κ3) is 3.52. The van der Waals surface area contributed by atoms with Gasteiger partial charge in [0.25, 0.3) is 0 Å². The van der Waals surface area contributed by atoms with Crippen LogP contribution in [0.25, 0.3) is 0 Å². The summed E-state index contributed by atoms with van der Waals surface area (Å²) in [6.07, 6.45) is 1.55. The minimum absolute atomic E-state index is 0.181. The van der Waals surface area contributed by atoms with Gasteiger partial charge in [0.05, 0.1) is 6.42 Å². The Balaban J connectivity index is 0.000000217. The first-order valence-corrected chi connectivity index (χ1v) is 7.71. The van der Waals surface area contributed by atoms with Crippen LogP contribution in [0.15, 0.2) is 0 Å². The number of alkyl halides is 3. The largest absolute Gasteiger partial charge is 0.490 e. The van der Waals surface area contributed by atoms with E-state index in [1.54, 1.807) is 0 Å². The maximum Gasteiger partial charge on any atom is 0.490 e. The number of hydrogen-bond donors (Lipinski definition) is 3. The third-order valence-electron chi connectivity index (χ3n) is 5.23. The van der Waals surface area contributed by atoms with Gasteiger partial charge < -0.3 is 10.2 Å². The second-order valence-electron chi connectivity index (χ2n) is 6.67. The quantitative estimate of drug-likeness (QED) is 0.675. The normalized spacial score (nSPS) is 39.1. The van der Waals surface area contributed by atoms with Crippen LogP contribution in [0.4, 0.5) is 13.2 Å². The zero-order valence-corrected chi connectivity index (χ0v) is 12.7. The maximum absolute atomic E-state index is 10.9. The summed E-state index contributed by atoms with van der Waals surface area (Å²) in [5.41, 5.74) is 0. The van der Waals surface area contributed by atoms with Crippen LogP contribution in [0.2, 0.25) is 0 Å². The van der Waals surface area contributed by atoms with E-state index >= 15 is 0 Å². The fourth-order valence-electron chi connectivity index (χ4n) is 4.53. The number of halogens is 3. The number of carboxylic acid groups (broad SMARTS) is 2. The molecule has 126 valence electrons. The maximum atomic E-state index is 10.9. The molecular formula is C14H19F3O4S. The summed E-state index contributed by atoms with van der Waals surface area (Å²) in [4.78, 5) is 19.8. The monoisotopic (exact) mass is 340 g/mol. The van der Waals surface area contributed by atoms with Gasteiger partial charge in [0.1, 0.15) is 0 Å². The fraction of sp³-hybridized carbons (Fsp3) is 0.857. The Morgan fingerprint density at radius 3 is 1.64 bits per heavy atom. The molecule has 4 bridgehead atoms. The molecule has 0 amide bonds. The molecule has 4 saturated carbocycles. The molecule has 8 heteroatoms. The molecule has 0 saturated heterocycles. The molecule has 4 aliphatic rings. The molecule has 2 N–H and O–H groups in total. The highest BCUT2D eigenvalue weighted by Crippen LogP contribution is 2.61. The van der Waals surface area contributed by atoms with Gasteiger partial charge >= 0.3 is 18.1 Å². The summed E-state index contributed by atoms with van der Waals surface area (Å²) in [5, 5.41) is 16.1. The highest BCUT2D eigenvalue weighted by molar-refractivity contribution is 7.81. The average Bonchev–Trinajstić information content (AvgIpc) is 2.34. The van der Waals surface area contributed by atoms with E-state index in [-0.39, 0.29) is 11.2 Å².